The van der Waals surface area contributed by atoms with E-state index < -0.39 is 5.91 Å². The quantitative estimate of drug-likeness (QED) is 0.423. The predicted octanol–water partition coefficient (Wildman–Crippen LogP) is 3.03. The van der Waals surface area contributed by atoms with Crippen LogP contribution in [0.15, 0.2) is 48.5 Å². The van der Waals surface area contributed by atoms with Crippen molar-refractivity contribution in [3.63, 3.8) is 0 Å². The lowest BCUT2D eigenvalue weighted by atomic mass is 9.96. The van der Waals surface area contributed by atoms with Gasteiger partial charge in [0.25, 0.3) is 5.91 Å². The van der Waals surface area contributed by atoms with Gasteiger partial charge in [-0.1, -0.05) is 24.1 Å². The normalized spacial score (nSPS) is 14.2. The van der Waals surface area contributed by atoms with Gasteiger partial charge in [0.2, 0.25) is 5.91 Å². The minimum atomic E-state index is -0.413. The van der Waals surface area contributed by atoms with E-state index in [1.54, 1.807) is 26.4 Å². The monoisotopic (exact) mass is 472 g/mol. The summed E-state index contributed by atoms with van der Waals surface area (Å²) in [6, 6.07) is 14.6. The van der Waals surface area contributed by atoms with E-state index >= 15 is 0 Å². The largest absolute Gasteiger partial charge is 0.493 e. The van der Waals surface area contributed by atoms with Crippen LogP contribution in [0.3, 0.4) is 0 Å². The smallest absolute Gasteiger partial charge is 0.270 e. The summed E-state index contributed by atoms with van der Waals surface area (Å²) < 4.78 is 10.7. The summed E-state index contributed by atoms with van der Waals surface area (Å²) in [7, 11) is 3.14. The van der Waals surface area contributed by atoms with Crippen LogP contribution in [0.5, 0.6) is 11.5 Å². The lowest BCUT2D eigenvalue weighted by Crippen LogP contribution is -2.47. The lowest BCUT2D eigenvalue weighted by molar-refractivity contribution is -0.127. The summed E-state index contributed by atoms with van der Waals surface area (Å²) in [5.41, 5.74) is 7.63. The van der Waals surface area contributed by atoms with E-state index in [1.165, 1.54) is 0 Å². The van der Waals surface area contributed by atoms with Gasteiger partial charge in [0, 0.05) is 16.9 Å². The summed E-state index contributed by atoms with van der Waals surface area (Å²) in [5, 5.41) is 0.686. The van der Waals surface area contributed by atoms with Crippen LogP contribution < -0.4 is 20.3 Å². The maximum Gasteiger partial charge on any atom is 0.270 e. The van der Waals surface area contributed by atoms with Gasteiger partial charge >= 0.3 is 0 Å². The Morgan fingerprint density at radius 3 is 2.51 bits per heavy atom. The van der Waals surface area contributed by atoms with Gasteiger partial charge in [-0.05, 0) is 56.3 Å². The molecule has 2 amide bonds. The van der Waals surface area contributed by atoms with Crippen LogP contribution >= 0.6 is 0 Å². The number of terminal acetylenes is 1. The number of hydrazine groups is 1. The van der Waals surface area contributed by atoms with E-state index in [0.717, 1.165) is 18.7 Å². The molecule has 1 saturated heterocycles. The maximum atomic E-state index is 13.2. The first-order valence-electron chi connectivity index (χ1n) is 11.4. The van der Waals surface area contributed by atoms with Crippen molar-refractivity contribution in [3.05, 3.63) is 54.1 Å². The number of nitrogens with one attached hydrogen (secondary N) is 2. The van der Waals surface area contributed by atoms with Crippen LogP contribution in [0.4, 0.5) is 0 Å². The fourth-order valence-corrected chi connectivity index (χ4v) is 4.28. The van der Waals surface area contributed by atoms with Crippen LogP contribution in [0, 0.1) is 18.3 Å². The Balaban J connectivity index is 1.54. The van der Waals surface area contributed by atoms with Crippen molar-refractivity contribution in [2.45, 2.75) is 12.8 Å². The molecule has 0 unspecified atom stereocenters. The van der Waals surface area contributed by atoms with Crippen LogP contribution in [-0.2, 0) is 4.79 Å². The number of rotatable bonds is 6. The zero-order valence-corrected chi connectivity index (χ0v) is 19.8. The molecule has 0 aliphatic carbocycles. The van der Waals surface area contributed by atoms with E-state index in [1.807, 2.05) is 36.4 Å². The number of carbonyl (C=O) groups is 2. The standard InChI is InChI=1S/C27H28N4O4/c1-4-13-31-14-11-18(12-15-31)26(32)29-30-27(33)21-17-23(28-22-8-6-5-7-20(21)22)19-9-10-24(34-2)25(16-19)35-3/h1,5-10,16-18H,11-15H2,2-3H3,(H,29,32)(H,30,33). The number of pyridine rings is 1. The van der Waals surface area contributed by atoms with Gasteiger partial charge in [0.1, 0.15) is 0 Å². The molecule has 8 nitrogen and oxygen atoms in total. The summed E-state index contributed by atoms with van der Waals surface area (Å²) in [5.74, 6) is 3.02. The summed E-state index contributed by atoms with van der Waals surface area (Å²) >= 11 is 0. The molecular formula is C27H28N4O4. The first-order valence-corrected chi connectivity index (χ1v) is 11.4. The number of aromatic nitrogens is 1. The molecule has 0 saturated carbocycles. The molecule has 2 heterocycles. The van der Waals surface area contributed by atoms with E-state index in [4.69, 9.17) is 20.9 Å². The van der Waals surface area contributed by atoms with Crippen molar-refractivity contribution in [1.82, 2.24) is 20.7 Å². The maximum absolute atomic E-state index is 13.2. The molecule has 180 valence electrons. The third kappa shape index (κ3) is 5.36. The first-order chi connectivity index (χ1) is 17.0. The molecule has 4 rings (SSSR count). The van der Waals surface area contributed by atoms with Gasteiger partial charge in [-0.25, -0.2) is 4.98 Å². The molecular weight excluding hydrogens is 444 g/mol. The molecule has 1 aliphatic heterocycles. The number of hydrogen-bond acceptors (Lipinski definition) is 6. The number of piperidine rings is 1. The number of ether oxygens (including phenoxy) is 2. The minimum absolute atomic E-state index is 0.166. The van der Waals surface area contributed by atoms with Crippen LogP contribution in [0.2, 0.25) is 0 Å². The summed E-state index contributed by atoms with van der Waals surface area (Å²) in [6.45, 7) is 2.11. The molecule has 1 aromatic heterocycles. The fraction of sp³-hybridized carbons (Fsp3) is 0.296. The number of likely N-dealkylation sites (tertiary alicyclic amines) is 1. The highest BCUT2D eigenvalue weighted by molar-refractivity contribution is 6.07. The zero-order chi connectivity index (χ0) is 24.8. The highest BCUT2D eigenvalue weighted by atomic mass is 16.5. The zero-order valence-electron chi connectivity index (χ0n) is 19.8. The van der Waals surface area contributed by atoms with Crippen molar-refractivity contribution in [3.8, 4) is 35.1 Å². The minimum Gasteiger partial charge on any atom is -0.493 e. The summed E-state index contributed by atoms with van der Waals surface area (Å²) in [6.07, 6.45) is 6.77. The van der Waals surface area contributed by atoms with E-state index in [0.29, 0.717) is 53.0 Å². The topological polar surface area (TPSA) is 92.8 Å². The SMILES string of the molecule is C#CCN1CCC(C(=O)NNC(=O)c2cc(-c3ccc(OC)c(OC)c3)nc3ccccc23)CC1. The average Bonchev–Trinajstić information content (AvgIpc) is 2.91. The molecule has 0 atom stereocenters. The third-order valence-electron chi connectivity index (χ3n) is 6.21. The highest BCUT2D eigenvalue weighted by Gasteiger charge is 2.25. The Kier molecular flexibility index (Phi) is 7.48. The van der Waals surface area contributed by atoms with Gasteiger partial charge < -0.3 is 9.47 Å². The first kappa shape index (κ1) is 24.0. The Labute approximate surface area is 204 Å². The number of fused-ring (bicyclic) bond motifs is 1. The van der Waals surface area contributed by atoms with Crippen molar-refractivity contribution < 1.29 is 19.1 Å². The van der Waals surface area contributed by atoms with Crippen molar-refractivity contribution in [2.24, 2.45) is 5.92 Å². The van der Waals surface area contributed by atoms with E-state index in [9.17, 15) is 9.59 Å². The predicted molar refractivity (Wildman–Crippen MR) is 134 cm³/mol. The molecule has 0 radical (unpaired) electrons. The second-order valence-corrected chi connectivity index (χ2v) is 8.34. The van der Waals surface area contributed by atoms with Gasteiger partial charge in [0.05, 0.1) is 37.5 Å². The number of para-hydroxylation sites is 1. The van der Waals surface area contributed by atoms with Crippen molar-refractivity contribution in [1.29, 1.82) is 0 Å². The molecule has 35 heavy (non-hydrogen) atoms. The Hall–Kier alpha value is -4.09. The van der Waals surface area contributed by atoms with Crippen LogP contribution in [-0.4, -0.2) is 55.6 Å². The average molecular weight is 473 g/mol. The second-order valence-electron chi connectivity index (χ2n) is 8.34. The third-order valence-corrected chi connectivity index (χ3v) is 6.21. The fourth-order valence-electron chi connectivity index (χ4n) is 4.28. The van der Waals surface area contributed by atoms with Crippen LogP contribution in [0.25, 0.3) is 22.2 Å². The van der Waals surface area contributed by atoms with Gasteiger partial charge in [0.15, 0.2) is 11.5 Å². The summed E-state index contributed by atoms with van der Waals surface area (Å²) in [4.78, 5) is 32.7. The molecule has 2 aromatic carbocycles. The molecule has 2 N–H and O–H groups in total. The Morgan fingerprint density at radius 1 is 1.06 bits per heavy atom. The lowest BCUT2D eigenvalue weighted by Gasteiger charge is -2.29. The number of nitrogens with zero attached hydrogens (tertiary/aromatic N) is 2. The Bertz CT molecular complexity index is 1280. The van der Waals surface area contributed by atoms with Gasteiger partial charge in [-0.3, -0.25) is 25.3 Å². The number of carbonyl (C=O) groups excluding carboxylic acids is 2. The molecule has 8 heteroatoms. The molecule has 3 aromatic rings. The van der Waals surface area contributed by atoms with E-state index in [2.05, 4.69) is 21.7 Å². The Morgan fingerprint density at radius 2 is 1.80 bits per heavy atom. The number of benzene rings is 2. The number of hydrogen-bond donors (Lipinski definition) is 2. The van der Waals surface area contributed by atoms with Gasteiger partial charge in [-0.2, -0.15) is 0 Å². The van der Waals surface area contributed by atoms with Crippen molar-refractivity contribution >= 4 is 22.7 Å². The number of amides is 2. The highest BCUT2D eigenvalue weighted by Crippen LogP contribution is 2.33. The molecule has 0 bridgehead atoms. The molecule has 1 fully saturated rings. The molecule has 1 aliphatic rings. The second kappa shape index (κ2) is 10.9. The van der Waals surface area contributed by atoms with Gasteiger partial charge in [-0.15, -0.1) is 6.42 Å². The van der Waals surface area contributed by atoms with Crippen molar-refractivity contribution in [2.75, 3.05) is 33.9 Å². The van der Waals surface area contributed by atoms with Crippen LogP contribution in [0.1, 0.15) is 23.2 Å². The number of methoxy groups -OCH3 is 2. The molecule has 0 spiro atoms. The van der Waals surface area contributed by atoms with E-state index in [-0.39, 0.29) is 11.8 Å².